The fourth-order valence-electron chi connectivity index (χ4n) is 5.49. The van der Waals surface area contributed by atoms with Gasteiger partial charge < -0.3 is 20.0 Å². The Morgan fingerprint density at radius 3 is 2.77 bits per heavy atom. The van der Waals surface area contributed by atoms with Crippen LogP contribution in [0, 0.1) is 11.3 Å². The largest absolute Gasteiger partial charge is 0.366 e. The maximum absolute atomic E-state index is 12.7. The van der Waals surface area contributed by atoms with Crippen LogP contribution in [0.25, 0.3) is 5.65 Å². The number of piperazine rings is 1. The second kappa shape index (κ2) is 10.8. The van der Waals surface area contributed by atoms with E-state index in [1.807, 2.05) is 23.2 Å². The van der Waals surface area contributed by atoms with Gasteiger partial charge in [-0.15, -0.1) is 16.9 Å². The van der Waals surface area contributed by atoms with E-state index in [1.54, 1.807) is 33.4 Å². The number of fused-ring (bicyclic) bond motifs is 1. The third kappa shape index (κ3) is 5.10. The zero-order chi connectivity index (χ0) is 27.7. The van der Waals surface area contributed by atoms with Gasteiger partial charge in [0.15, 0.2) is 5.65 Å². The molecule has 0 unspecified atom stereocenters. The van der Waals surface area contributed by atoms with Gasteiger partial charge in [-0.3, -0.25) is 9.48 Å². The molecule has 1 amide bonds. The molecule has 1 N–H and O–H groups in total. The predicted molar refractivity (Wildman–Crippen MR) is 155 cm³/mol. The van der Waals surface area contributed by atoms with E-state index in [9.17, 15) is 10.1 Å². The first-order valence-electron chi connectivity index (χ1n) is 13.3. The van der Waals surface area contributed by atoms with E-state index in [0.29, 0.717) is 18.1 Å². The lowest BCUT2D eigenvalue weighted by Gasteiger charge is -2.50. The van der Waals surface area contributed by atoms with Gasteiger partial charge in [0.25, 0.3) is 0 Å². The van der Waals surface area contributed by atoms with Crippen LogP contribution < -0.4 is 10.2 Å². The van der Waals surface area contributed by atoms with Gasteiger partial charge in [0.2, 0.25) is 11.9 Å². The highest BCUT2D eigenvalue weighted by molar-refractivity contribution is 7.98. The summed E-state index contributed by atoms with van der Waals surface area (Å²) in [6.07, 6.45) is 7.89. The quantitative estimate of drug-likeness (QED) is 0.328. The van der Waals surface area contributed by atoms with E-state index in [2.05, 4.69) is 69.0 Å². The van der Waals surface area contributed by atoms with Crippen LogP contribution in [0.3, 0.4) is 0 Å². The molecule has 0 atom stereocenters. The zero-order valence-electron chi connectivity index (χ0n) is 22.7. The summed E-state index contributed by atoms with van der Waals surface area (Å²) in [5.74, 6) is 0.523. The van der Waals surface area contributed by atoms with Gasteiger partial charge >= 0.3 is 0 Å². The lowest BCUT2D eigenvalue weighted by molar-refractivity contribution is -0.133. The predicted octanol–water partition coefficient (Wildman–Crippen LogP) is 2.84. The van der Waals surface area contributed by atoms with Crippen LogP contribution >= 0.6 is 11.8 Å². The van der Waals surface area contributed by atoms with E-state index in [1.165, 1.54) is 10.5 Å². The third-order valence-electron chi connectivity index (χ3n) is 7.81. The van der Waals surface area contributed by atoms with Gasteiger partial charge in [0, 0.05) is 68.4 Å². The number of anilines is 3. The van der Waals surface area contributed by atoms with Crippen LogP contribution in [0.15, 0.2) is 59.9 Å². The average Bonchev–Trinajstić information content (AvgIpc) is 3.57. The summed E-state index contributed by atoms with van der Waals surface area (Å²) >= 11 is 1.71. The van der Waals surface area contributed by atoms with Crippen LogP contribution in [0.4, 0.5) is 17.3 Å². The van der Waals surface area contributed by atoms with Gasteiger partial charge in [0.05, 0.1) is 23.6 Å². The SMILES string of the molecule is CSc1cccc(C2(CC#N)CN(c3cccn4nc(Nc5cnn(CC(=O)N6CCN(C)CC6)c5)nc34)C2)c1. The molecule has 2 aliphatic heterocycles. The summed E-state index contributed by atoms with van der Waals surface area (Å²) in [6, 6.07) is 14.9. The molecule has 1 aromatic carbocycles. The minimum absolute atomic E-state index is 0.0699. The highest BCUT2D eigenvalue weighted by atomic mass is 32.2. The Kier molecular flexibility index (Phi) is 7.08. The molecular formula is C28H32N10OS. The molecule has 206 valence electrons. The van der Waals surface area contributed by atoms with Gasteiger partial charge in [-0.1, -0.05) is 12.1 Å². The second-order valence-electron chi connectivity index (χ2n) is 10.5. The van der Waals surface area contributed by atoms with Crippen LogP contribution in [0.1, 0.15) is 12.0 Å². The van der Waals surface area contributed by atoms with Crippen molar-refractivity contribution >= 4 is 40.6 Å². The Bertz CT molecular complexity index is 1560. The number of benzene rings is 1. The minimum Gasteiger partial charge on any atom is -0.366 e. The minimum atomic E-state index is -0.204. The van der Waals surface area contributed by atoms with Crippen molar-refractivity contribution in [3.8, 4) is 6.07 Å². The average molecular weight is 557 g/mol. The number of aromatic nitrogens is 5. The Labute approximate surface area is 237 Å². The van der Waals surface area contributed by atoms with Gasteiger partial charge in [-0.25, -0.2) is 4.52 Å². The number of likely N-dealkylation sites (N-methyl/N-ethyl adjacent to an activating group) is 1. The number of hydrogen-bond donors (Lipinski definition) is 1. The molecule has 0 saturated carbocycles. The van der Waals surface area contributed by atoms with E-state index in [-0.39, 0.29) is 17.9 Å². The number of thioether (sulfide) groups is 1. The van der Waals surface area contributed by atoms with Crippen LogP contribution in [-0.2, 0) is 16.8 Å². The van der Waals surface area contributed by atoms with E-state index >= 15 is 0 Å². The molecule has 0 spiro atoms. The summed E-state index contributed by atoms with van der Waals surface area (Å²) in [4.78, 5) is 25.0. The number of amides is 1. The normalized spacial score (nSPS) is 17.0. The number of hydrogen-bond acceptors (Lipinski definition) is 9. The summed E-state index contributed by atoms with van der Waals surface area (Å²) < 4.78 is 3.41. The topological polar surface area (TPSA) is 111 Å². The van der Waals surface area contributed by atoms with Crippen LogP contribution in [-0.4, -0.2) is 92.7 Å². The van der Waals surface area contributed by atoms with Crippen molar-refractivity contribution in [2.75, 3.05) is 62.8 Å². The number of carbonyl (C=O) groups is 1. The Morgan fingerprint density at radius 1 is 1.18 bits per heavy atom. The Hall–Kier alpha value is -4.08. The van der Waals surface area contributed by atoms with E-state index in [0.717, 1.165) is 50.6 Å². The van der Waals surface area contributed by atoms with Crippen molar-refractivity contribution in [3.63, 3.8) is 0 Å². The molecular weight excluding hydrogens is 524 g/mol. The number of pyridine rings is 1. The molecule has 4 aromatic rings. The van der Waals surface area contributed by atoms with E-state index < -0.39 is 0 Å². The van der Waals surface area contributed by atoms with Crippen molar-refractivity contribution in [2.24, 2.45) is 0 Å². The van der Waals surface area contributed by atoms with Crippen molar-refractivity contribution in [2.45, 2.75) is 23.3 Å². The van der Waals surface area contributed by atoms with Crippen molar-refractivity contribution in [3.05, 3.63) is 60.6 Å². The summed E-state index contributed by atoms with van der Waals surface area (Å²) in [5, 5.41) is 21.8. The zero-order valence-corrected chi connectivity index (χ0v) is 23.5. The summed E-state index contributed by atoms with van der Waals surface area (Å²) in [5.41, 5.74) is 3.44. The van der Waals surface area contributed by atoms with Gasteiger partial charge in [-0.05, 0) is 43.1 Å². The summed E-state index contributed by atoms with van der Waals surface area (Å²) in [7, 11) is 2.07. The molecule has 2 saturated heterocycles. The standard InChI is InChI=1S/C28H32N10OS/c1-34-11-13-35(14-12-34)25(39)18-37-17-22(16-30-37)31-27-32-26-24(7-4-10-38(26)33-27)36-19-28(20-36,8-9-29)21-5-3-6-23(15-21)40-2/h3-7,10,15-17H,8,11-14,18-20H2,1-2H3,(H,31,33). The van der Waals surface area contributed by atoms with Gasteiger partial charge in [0.1, 0.15) is 6.54 Å². The lowest BCUT2D eigenvalue weighted by Crippen LogP contribution is -2.59. The maximum Gasteiger partial charge on any atom is 0.247 e. The lowest BCUT2D eigenvalue weighted by atomic mass is 9.71. The third-order valence-corrected chi connectivity index (χ3v) is 8.54. The molecule has 2 aliphatic rings. The number of nitrogens with one attached hydrogen (secondary N) is 1. The highest BCUT2D eigenvalue weighted by Crippen LogP contribution is 2.42. The summed E-state index contributed by atoms with van der Waals surface area (Å²) in [6.45, 7) is 4.95. The van der Waals surface area contributed by atoms with Crippen LogP contribution in [0.5, 0.6) is 0 Å². The van der Waals surface area contributed by atoms with Crippen molar-refractivity contribution < 1.29 is 4.79 Å². The molecule has 0 radical (unpaired) electrons. The van der Waals surface area contributed by atoms with E-state index in [4.69, 9.17) is 4.98 Å². The number of carbonyl (C=O) groups excluding carboxylic acids is 1. The molecule has 3 aromatic heterocycles. The first-order chi connectivity index (χ1) is 19.5. The Balaban J connectivity index is 1.15. The number of rotatable bonds is 8. The molecule has 12 heteroatoms. The Morgan fingerprint density at radius 2 is 2.00 bits per heavy atom. The second-order valence-corrected chi connectivity index (χ2v) is 11.4. The molecule has 40 heavy (non-hydrogen) atoms. The smallest absolute Gasteiger partial charge is 0.247 e. The molecule has 0 bridgehead atoms. The monoisotopic (exact) mass is 556 g/mol. The number of nitrogens with zero attached hydrogens (tertiary/aromatic N) is 9. The molecule has 6 rings (SSSR count). The molecule has 0 aliphatic carbocycles. The fourth-order valence-corrected chi connectivity index (χ4v) is 5.94. The fraction of sp³-hybridized carbons (Fsp3) is 0.393. The van der Waals surface area contributed by atoms with Crippen LogP contribution in [0.2, 0.25) is 0 Å². The molecule has 2 fully saturated rings. The van der Waals surface area contributed by atoms with Gasteiger partial charge in [-0.2, -0.15) is 15.3 Å². The first kappa shape index (κ1) is 26.2. The van der Waals surface area contributed by atoms with Crippen molar-refractivity contribution in [1.82, 2.24) is 34.2 Å². The molecule has 11 nitrogen and oxygen atoms in total. The van der Waals surface area contributed by atoms with Crippen molar-refractivity contribution in [1.29, 1.82) is 5.26 Å². The maximum atomic E-state index is 12.7. The highest BCUT2D eigenvalue weighted by Gasteiger charge is 2.45. The number of nitriles is 1. The first-order valence-corrected chi connectivity index (χ1v) is 14.6. The molecule has 5 heterocycles.